The van der Waals surface area contributed by atoms with Crippen LogP contribution in [0.5, 0.6) is 5.75 Å². The molecule has 0 aliphatic heterocycles. The summed E-state index contributed by atoms with van der Waals surface area (Å²) in [6.45, 7) is 7.12. The van der Waals surface area contributed by atoms with Crippen LogP contribution in [0.4, 0.5) is 4.79 Å². The Morgan fingerprint density at radius 3 is 2.46 bits per heavy atom. The molecule has 0 saturated heterocycles. The molecule has 2 aromatic heterocycles. The summed E-state index contributed by atoms with van der Waals surface area (Å²) in [5.74, 6) is -0.490. The Balaban J connectivity index is 1.40. The Hall–Kier alpha value is -4.85. The summed E-state index contributed by atoms with van der Waals surface area (Å²) in [7, 11) is 0. The van der Waals surface area contributed by atoms with Gasteiger partial charge in [-0.2, -0.15) is 0 Å². The van der Waals surface area contributed by atoms with E-state index < -0.39 is 29.3 Å². The highest BCUT2D eigenvalue weighted by Gasteiger charge is 2.27. The van der Waals surface area contributed by atoms with Gasteiger partial charge in [0.2, 0.25) is 0 Å². The lowest BCUT2D eigenvalue weighted by Gasteiger charge is -2.23. The van der Waals surface area contributed by atoms with E-state index in [1.165, 1.54) is 6.07 Å². The van der Waals surface area contributed by atoms with Crippen molar-refractivity contribution < 1.29 is 23.5 Å². The fourth-order valence-electron chi connectivity index (χ4n) is 4.79. The van der Waals surface area contributed by atoms with Crippen LogP contribution in [-0.2, 0) is 22.4 Å². The Kier molecular flexibility index (Phi) is 7.66. The molecule has 5 aromatic rings. The number of aromatic nitrogens is 1. The molecule has 41 heavy (non-hydrogen) atoms. The minimum atomic E-state index is -1.04. The number of hydrogen-bond donors (Lipinski definition) is 2. The first-order valence-corrected chi connectivity index (χ1v) is 13.4. The lowest BCUT2D eigenvalue weighted by Crippen LogP contribution is -2.46. The summed E-state index contributed by atoms with van der Waals surface area (Å²) in [6, 6.07) is 21.3. The molecule has 8 heteroatoms. The molecule has 2 heterocycles. The first kappa shape index (κ1) is 27.7. The highest BCUT2D eigenvalue weighted by atomic mass is 16.6. The largest absolute Gasteiger partial charge is 0.444 e. The van der Waals surface area contributed by atoms with E-state index in [0.717, 1.165) is 33.0 Å². The van der Waals surface area contributed by atoms with Gasteiger partial charge >= 0.3 is 17.7 Å². The van der Waals surface area contributed by atoms with Crippen LogP contribution in [0, 0.1) is 6.92 Å². The molecule has 0 aliphatic rings. The molecular weight excluding hydrogens is 520 g/mol. The summed E-state index contributed by atoms with van der Waals surface area (Å²) in [5.41, 5.74) is 3.27. The number of H-pyrrole nitrogens is 1. The van der Waals surface area contributed by atoms with Crippen molar-refractivity contribution >= 4 is 33.9 Å². The number of benzene rings is 3. The number of esters is 1. The van der Waals surface area contributed by atoms with E-state index in [1.807, 2.05) is 67.7 Å². The van der Waals surface area contributed by atoms with Crippen molar-refractivity contribution in [1.29, 1.82) is 0 Å². The maximum atomic E-state index is 13.4. The zero-order chi connectivity index (χ0) is 29.1. The molecule has 0 saturated carbocycles. The molecule has 0 radical (unpaired) electrons. The monoisotopic (exact) mass is 552 g/mol. The van der Waals surface area contributed by atoms with Gasteiger partial charge in [0.05, 0.1) is 0 Å². The van der Waals surface area contributed by atoms with Crippen molar-refractivity contribution in [2.24, 2.45) is 0 Å². The molecule has 3 aromatic carbocycles. The molecule has 0 aliphatic carbocycles. The number of hydrogen-bond acceptors (Lipinski definition) is 6. The van der Waals surface area contributed by atoms with Gasteiger partial charge in [0, 0.05) is 47.0 Å². The summed E-state index contributed by atoms with van der Waals surface area (Å²) < 4.78 is 16.7. The van der Waals surface area contributed by atoms with E-state index in [-0.39, 0.29) is 12.2 Å². The Morgan fingerprint density at radius 1 is 0.976 bits per heavy atom. The summed E-state index contributed by atoms with van der Waals surface area (Å²) in [4.78, 5) is 42.1. The molecule has 210 valence electrons. The second kappa shape index (κ2) is 11.3. The first-order valence-electron chi connectivity index (χ1n) is 13.4. The molecule has 1 unspecified atom stereocenters. The molecule has 2 N–H and O–H groups in total. The van der Waals surface area contributed by atoms with Gasteiger partial charge in [-0.25, -0.2) is 14.4 Å². The average Bonchev–Trinajstić information content (AvgIpc) is 3.33. The predicted octanol–water partition coefficient (Wildman–Crippen LogP) is 6.21. The smallest absolute Gasteiger partial charge is 0.408 e. The maximum Gasteiger partial charge on any atom is 0.408 e. The van der Waals surface area contributed by atoms with Gasteiger partial charge in [-0.3, -0.25) is 0 Å². The summed E-state index contributed by atoms with van der Waals surface area (Å²) >= 11 is 0. The number of aryl methyl sites for hydroxylation is 1. The molecular formula is C33H32N2O6. The van der Waals surface area contributed by atoms with Gasteiger partial charge in [0.1, 0.15) is 23.0 Å². The van der Waals surface area contributed by atoms with Gasteiger partial charge in [-0.1, -0.05) is 48.5 Å². The van der Waals surface area contributed by atoms with Crippen molar-refractivity contribution in [3.63, 3.8) is 0 Å². The molecule has 1 atom stereocenters. The third kappa shape index (κ3) is 6.49. The van der Waals surface area contributed by atoms with Crippen molar-refractivity contribution in [1.82, 2.24) is 10.3 Å². The third-order valence-electron chi connectivity index (χ3n) is 6.78. The van der Waals surface area contributed by atoms with Crippen LogP contribution in [0.2, 0.25) is 0 Å². The van der Waals surface area contributed by atoms with Crippen molar-refractivity contribution in [3.8, 4) is 5.75 Å². The molecule has 0 bridgehead atoms. The number of para-hydroxylation sites is 1. The van der Waals surface area contributed by atoms with E-state index in [1.54, 1.807) is 32.9 Å². The third-order valence-corrected chi connectivity index (χ3v) is 6.78. The first-order chi connectivity index (χ1) is 19.6. The number of nitrogens with one attached hydrogen (secondary N) is 2. The van der Waals surface area contributed by atoms with E-state index in [0.29, 0.717) is 17.6 Å². The average molecular weight is 553 g/mol. The minimum Gasteiger partial charge on any atom is -0.444 e. The zero-order valence-electron chi connectivity index (χ0n) is 23.4. The number of rotatable bonds is 7. The lowest BCUT2D eigenvalue weighted by molar-refractivity contribution is -0.136. The molecule has 0 fully saturated rings. The van der Waals surface area contributed by atoms with Gasteiger partial charge in [0.15, 0.2) is 0 Å². The number of carbonyl (C=O) groups is 2. The second-order valence-corrected chi connectivity index (χ2v) is 11.0. The molecule has 0 spiro atoms. The van der Waals surface area contributed by atoms with Gasteiger partial charge in [-0.15, -0.1) is 0 Å². The van der Waals surface area contributed by atoms with Crippen LogP contribution < -0.4 is 15.7 Å². The number of fused-ring (bicyclic) bond motifs is 2. The second-order valence-electron chi connectivity index (χ2n) is 11.0. The number of ether oxygens (including phenoxy) is 2. The molecule has 8 nitrogen and oxygen atoms in total. The standard InChI is InChI=1S/C33H32N2O6/c1-20-24-15-14-23(18-29(24)40-30(36)26(20)16-21-10-6-5-7-11-21)39-31(37)28(35-32(38)41-33(2,3)4)17-22-19-34-27-13-9-8-12-25(22)27/h5-15,18-19,28,34H,16-17H2,1-4H3,(H,35,38). The van der Waals surface area contributed by atoms with E-state index in [9.17, 15) is 14.4 Å². The van der Waals surface area contributed by atoms with Crippen molar-refractivity contribution in [2.75, 3.05) is 0 Å². The fraction of sp³-hybridized carbons (Fsp3) is 0.242. The van der Waals surface area contributed by atoms with Crippen LogP contribution in [0.1, 0.15) is 43.0 Å². The van der Waals surface area contributed by atoms with Gasteiger partial charge in [0.25, 0.3) is 0 Å². The number of amides is 1. The predicted molar refractivity (Wildman–Crippen MR) is 157 cm³/mol. The van der Waals surface area contributed by atoms with Crippen LogP contribution in [0.15, 0.2) is 88.2 Å². The SMILES string of the molecule is Cc1c(Cc2ccccc2)c(=O)oc2cc(OC(=O)C(Cc3c[nH]c4ccccc34)NC(=O)OC(C)(C)C)ccc12. The van der Waals surface area contributed by atoms with Crippen LogP contribution in [0.3, 0.4) is 0 Å². The summed E-state index contributed by atoms with van der Waals surface area (Å²) in [6.07, 6.45) is 1.70. The Bertz CT molecular complexity index is 1780. The topological polar surface area (TPSA) is 111 Å². The Labute approximate surface area is 237 Å². The van der Waals surface area contributed by atoms with E-state index >= 15 is 0 Å². The summed E-state index contributed by atoms with van der Waals surface area (Å²) in [5, 5.41) is 4.34. The zero-order valence-corrected chi connectivity index (χ0v) is 23.4. The van der Waals surface area contributed by atoms with Crippen LogP contribution >= 0.6 is 0 Å². The van der Waals surface area contributed by atoms with Crippen LogP contribution in [-0.4, -0.2) is 28.7 Å². The number of carbonyl (C=O) groups excluding carboxylic acids is 2. The highest BCUT2D eigenvalue weighted by molar-refractivity contribution is 5.88. The molecule has 1 amide bonds. The Morgan fingerprint density at radius 2 is 1.71 bits per heavy atom. The number of alkyl carbamates (subject to hydrolysis) is 1. The highest BCUT2D eigenvalue weighted by Crippen LogP contribution is 2.26. The van der Waals surface area contributed by atoms with E-state index in [2.05, 4.69) is 10.3 Å². The molecule has 5 rings (SSSR count). The van der Waals surface area contributed by atoms with E-state index in [4.69, 9.17) is 13.9 Å². The van der Waals surface area contributed by atoms with Crippen LogP contribution in [0.25, 0.3) is 21.9 Å². The normalized spacial score (nSPS) is 12.3. The minimum absolute atomic E-state index is 0.173. The maximum absolute atomic E-state index is 13.4. The van der Waals surface area contributed by atoms with Crippen molar-refractivity contribution in [3.05, 3.63) is 112 Å². The van der Waals surface area contributed by atoms with Gasteiger partial charge in [-0.05, 0) is 62.6 Å². The lowest BCUT2D eigenvalue weighted by atomic mass is 10.00. The van der Waals surface area contributed by atoms with Crippen molar-refractivity contribution in [2.45, 2.75) is 52.2 Å². The number of aromatic amines is 1. The fourth-order valence-corrected chi connectivity index (χ4v) is 4.79. The van der Waals surface area contributed by atoms with Gasteiger partial charge < -0.3 is 24.2 Å². The quantitative estimate of drug-likeness (QED) is 0.141.